The Bertz CT molecular complexity index is 566. The Morgan fingerprint density at radius 3 is 2.50 bits per heavy atom. The van der Waals surface area contributed by atoms with E-state index >= 15 is 0 Å². The number of carbonyl (C=O) groups excluding carboxylic acids is 2. The Hall–Kier alpha value is -2.37. The Balaban J connectivity index is 1.90. The van der Waals surface area contributed by atoms with E-state index in [2.05, 4.69) is 0 Å². The van der Waals surface area contributed by atoms with E-state index < -0.39 is 12.0 Å². The van der Waals surface area contributed by atoms with Crippen LogP contribution in [0.1, 0.15) is 36.0 Å². The number of carboxylic acid groups (broad SMARTS) is 1. The molecule has 0 unspecified atom stereocenters. The van der Waals surface area contributed by atoms with E-state index in [-0.39, 0.29) is 24.5 Å². The van der Waals surface area contributed by atoms with Crippen LogP contribution in [-0.4, -0.2) is 47.4 Å². The number of hydrogen-bond acceptors (Lipinski definition) is 4. The van der Waals surface area contributed by atoms with Gasteiger partial charge in [0.15, 0.2) is 5.78 Å². The fourth-order valence-electron chi connectivity index (χ4n) is 2.61. The number of likely N-dealkylation sites (tertiary alicyclic amines) is 1. The highest BCUT2D eigenvalue weighted by atomic mass is 16.5. The summed E-state index contributed by atoms with van der Waals surface area (Å²) in [6, 6.07) is 5.94. The van der Waals surface area contributed by atoms with Gasteiger partial charge in [0.1, 0.15) is 11.8 Å². The van der Waals surface area contributed by atoms with Crippen molar-refractivity contribution in [3.05, 3.63) is 29.8 Å². The smallest absolute Gasteiger partial charge is 0.326 e. The third-order valence-corrected chi connectivity index (χ3v) is 3.84. The number of ketones is 1. The molecule has 6 nitrogen and oxygen atoms in total. The van der Waals surface area contributed by atoms with Crippen LogP contribution < -0.4 is 4.74 Å². The number of amides is 1. The number of Topliss-reactive ketones (excluding diaryl/α,β-unsaturated/α-hetero) is 1. The van der Waals surface area contributed by atoms with Crippen LogP contribution in [0.25, 0.3) is 0 Å². The lowest BCUT2D eigenvalue weighted by atomic mass is 10.1. The molecule has 1 N–H and O–H groups in total. The summed E-state index contributed by atoms with van der Waals surface area (Å²) < 4.78 is 5.02. The van der Waals surface area contributed by atoms with Gasteiger partial charge < -0.3 is 14.7 Å². The van der Waals surface area contributed by atoms with Gasteiger partial charge in [-0.1, -0.05) is 0 Å². The van der Waals surface area contributed by atoms with Crippen molar-refractivity contribution < 1.29 is 24.2 Å². The molecule has 1 heterocycles. The van der Waals surface area contributed by atoms with Crippen LogP contribution >= 0.6 is 0 Å². The molecule has 6 heteroatoms. The molecule has 1 saturated heterocycles. The number of methoxy groups -OCH3 is 1. The Kier molecular flexibility index (Phi) is 5.14. The second-order valence-electron chi connectivity index (χ2n) is 5.24. The van der Waals surface area contributed by atoms with Gasteiger partial charge in [-0.25, -0.2) is 4.79 Å². The maximum atomic E-state index is 12.1. The van der Waals surface area contributed by atoms with Gasteiger partial charge in [0.25, 0.3) is 0 Å². The van der Waals surface area contributed by atoms with E-state index in [4.69, 9.17) is 9.84 Å². The first-order valence-corrected chi connectivity index (χ1v) is 7.22. The first-order valence-electron chi connectivity index (χ1n) is 7.22. The van der Waals surface area contributed by atoms with Crippen molar-refractivity contribution in [2.24, 2.45) is 0 Å². The minimum absolute atomic E-state index is 0.0364. The van der Waals surface area contributed by atoms with Crippen molar-refractivity contribution >= 4 is 17.7 Å². The normalized spacial score (nSPS) is 17.3. The zero-order chi connectivity index (χ0) is 16.1. The van der Waals surface area contributed by atoms with Gasteiger partial charge >= 0.3 is 5.97 Å². The van der Waals surface area contributed by atoms with Crippen LogP contribution in [0.3, 0.4) is 0 Å². The number of carbonyl (C=O) groups is 3. The number of benzene rings is 1. The van der Waals surface area contributed by atoms with E-state index in [1.54, 1.807) is 31.4 Å². The fraction of sp³-hybridized carbons (Fsp3) is 0.438. The molecule has 1 aliphatic rings. The third-order valence-electron chi connectivity index (χ3n) is 3.84. The summed E-state index contributed by atoms with van der Waals surface area (Å²) in [4.78, 5) is 36.6. The average molecular weight is 305 g/mol. The van der Waals surface area contributed by atoms with Crippen LogP contribution in [0.4, 0.5) is 0 Å². The molecular weight excluding hydrogens is 286 g/mol. The minimum Gasteiger partial charge on any atom is -0.497 e. The quantitative estimate of drug-likeness (QED) is 0.809. The maximum absolute atomic E-state index is 12.1. The number of nitrogens with zero attached hydrogens (tertiary/aromatic N) is 1. The van der Waals surface area contributed by atoms with Crippen molar-refractivity contribution in [2.75, 3.05) is 13.7 Å². The zero-order valence-corrected chi connectivity index (χ0v) is 12.4. The molecule has 1 amide bonds. The third kappa shape index (κ3) is 3.63. The standard InChI is InChI=1S/C16H19NO5/c1-22-12-6-4-11(5-7-12)14(18)8-9-15(19)17-10-2-3-13(17)16(20)21/h4-7,13H,2-3,8-10H2,1H3,(H,20,21)/t13-/m0/s1. The molecule has 0 radical (unpaired) electrons. The van der Waals surface area contributed by atoms with Gasteiger partial charge in [0.2, 0.25) is 5.91 Å². The molecular formula is C16H19NO5. The number of hydrogen-bond donors (Lipinski definition) is 1. The molecule has 0 bridgehead atoms. The lowest BCUT2D eigenvalue weighted by Crippen LogP contribution is -2.40. The second kappa shape index (κ2) is 7.06. The van der Waals surface area contributed by atoms with E-state index in [0.717, 1.165) is 0 Å². The van der Waals surface area contributed by atoms with Gasteiger partial charge in [-0.3, -0.25) is 9.59 Å². The summed E-state index contributed by atoms with van der Waals surface area (Å²) in [5.74, 6) is -0.727. The van der Waals surface area contributed by atoms with Crippen LogP contribution in [-0.2, 0) is 9.59 Å². The minimum atomic E-state index is -0.979. The Morgan fingerprint density at radius 2 is 1.91 bits per heavy atom. The van der Waals surface area contributed by atoms with Crippen LogP contribution in [0.15, 0.2) is 24.3 Å². The van der Waals surface area contributed by atoms with E-state index in [0.29, 0.717) is 30.7 Å². The van der Waals surface area contributed by atoms with Gasteiger partial charge in [0, 0.05) is 24.9 Å². The largest absolute Gasteiger partial charge is 0.497 e. The van der Waals surface area contributed by atoms with Crippen molar-refractivity contribution in [2.45, 2.75) is 31.7 Å². The lowest BCUT2D eigenvalue weighted by Gasteiger charge is -2.21. The average Bonchev–Trinajstić information content (AvgIpc) is 3.02. The Labute approximate surface area is 128 Å². The summed E-state index contributed by atoms with van der Waals surface area (Å²) in [6.07, 6.45) is 1.28. The first-order chi connectivity index (χ1) is 10.5. The molecule has 2 rings (SSSR count). The highest BCUT2D eigenvalue weighted by Gasteiger charge is 2.33. The highest BCUT2D eigenvalue weighted by Crippen LogP contribution is 2.19. The lowest BCUT2D eigenvalue weighted by molar-refractivity contribution is -0.148. The molecule has 0 aliphatic carbocycles. The highest BCUT2D eigenvalue weighted by molar-refractivity contribution is 5.98. The van der Waals surface area contributed by atoms with Crippen LogP contribution in [0.5, 0.6) is 5.75 Å². The number of rotatable bonds is 6. The van der Waals surface area contributed by atoms with Crippen molar-refractivity contribution in [1.82, 2.24) is 4.90 Å². The molecule has 1 fully saturated rings. The molecule has 1 aromatic rings. The molecule has 0 saturated carbocycles. The number of aliphatic carboxylic acids is 1. The topological polar surface area (TPSA) is 83.9 Å². The Morgan fingerprint density at radius 1 is 1.23 bits per heavy atom. The van der Waals surface area contributed by atoms with Gasteiger partial charge in [-0.2, -0.15) is 0 Å². The van der Waals surface area contributed by atoms with Crippen LogP contribution in [0, 0.1) is 0 Å². The first kappa shape index (κ1) is 16.0. The SMILES string of the molecule is COc1ccc(C(=O)CCC(=O)N2CCC[C@H]2C(=O)O)cc1. The number of carboxylic acids is 1. The van der Waals surface area contributed by atoms with E-state index in [9.17, 15) is 14.4 Å². The second-order valence-corrected chi connectivity index (χ2v) is 5.24. The van der Waals surface area contributed by atoms with Gasteiger partial charge in [0.05, 0.1) is 7.11 Å². The predicted molar refractivity (Wildman–Crippen MR) is 78.9 cm³/mol. The summed E-state index contributed by atoms with van der Waals surface area (Å²) in [6.45, 7) is 0.451. The molecule has 118 valence electrons. The van der Waals surface area contributed by atoms with Crippen molar-refractivity contribution in [3.63, 3.8) is 0 Å². The fourth-order valence-corrected chi connectivity index (χ4v) is 2.61. The van der Waals surface area contributed by atoms with Crippen LogP contribution in [0.2, 0.25) is 0 Å². The van der Waals surface area contributed by atoms with Gasteiger partial charge in [-0.05, 0) is 37.1 Å². The molecule has 0 spiro atoms. The zero-order valence-electron chi connectivity index (χ0n) is 12.4. The summed E-state index contributed by atoms with van der Waals surface area (Å²) >= 11 is 0. The molecule has 1 atom stereocenters. The molecule has 0 aromatic heterocycles. The van der Waals surface area contributed by atoms with Gasteiger partial charge in [-0.15, -0.1) is 0 Å². The summed E-state index contributed by atoms with van der Waals surface area (Å²) in [7, 11) is 1.55. The monoisotopic (exact) mass is 305 g/mol. The van der Waals surface area contributed by atoms with Crippen molar-refractivity contribution in [1.29, 1.82) is 0 Å². The van der Waals surface area contributed by atoms with E-state index in [1.165, 1.54) is 4.90 Å². The predicted octanol–water partition coefficient (Wildman–Crippen LogP) is 1.73. The van der Waals surface area contributed by atoms with E-state index in [1.807, 2.05) is 0 Å². The molecule has 1 aromatic carbocycles. The summed E-state index contributed by atoms with van der Waals surface area (Å²) in [5, 5.41) is 9.06. The maximum Gasteiger partial charge on any atom is 0.326 e. The molecule has 22 heavy (non-hydrogen) atoms. The number of ether oxygens (including phenoxy) is 1. The molecule has 1 aliphatic heterocycles. The van der Waals surface area contributed by atoms with Crippen molar-refractivity contribution in [3.8, 4) is 5.75 Å². The summed E-state index contributed by atoms with van der Waals surface area (Å²) in [5.41, 5.74) is 0.518.